The number of pyridine rings is 2. The molecule has 0 amide bonds. The maximum atomic E-state index is 12.0. The molecule has 1 aliphatic heterocycles. The van der Waals surface area contributed by atoms with Crippen molar-refractivity contribution in [2.45, 2.75) is 39.2 Å². The van der Waals surface area contributed by atoms with Gasteiger partial charge in [0.15, 0.2) is 11.4 Å². The first kappa shape index (κ1) is 25.3. The number of nitrogens with zero attached hydrogens (tertiary/aromatic N) is 5. The van der Waals surface area contributed by atoms with E-state index in [1.165, 1.54) is 5.56 Å². The van der Waals surface area contributed by atoms with Gasteiger partial charge < -0.3 is 14.7 Å². The fourth-order valence-corrected chi connectivity index (χ4v) is 4.83. The number of anilines is 1. The number of rotatable bonds is 9. The minimum atomic E-state index is -1.10. The van der Waals surface area contributed by atoms with Gasteiger partial charge in [0.1, 0.15) is 18.2 Å². The van der Waals surface area contributed by atoms with Crippen LogP contribution < -0.4 is 9.64 Å². The molecule has 0 aliphatic carbocycles. The summed E-state index contributed by atoms with van der Waals surface area (Å²) in [6.07, 6.45) is 9.01. The number of aromatic nitrogens is 4. The fraction of sp³-hybridized carbons (Fsp3) is 0.300. The Balaban J connectivity index is 1.18. The van der Waals surface area contributed by atoms with Crippen molar-refractivity contribution in [3.8, 4) is 5.75 Å². The monoisotopic (exact) mass is 509 g/mol. The zero-order chi connectivity index (χ0) is 26.3. The van der Waals surface area contributed by atoms with Crippen LogP contribution in [0.15, 0.2) is 73.2 Å². The Morgan fingerprint density at radius 2 is 1.74 bits per heavy atom. The van der Waals surface area contributed by atoms with Crippen molar-refractivity contribution in [1.82, 2.24) is 19.9 Å². The first-order valence-corrected chi connectivity index (χ1v) is 12.9. The third kappa shape index (κ3) is 6.32. The molecule has 0 bridgehead atoms. The summed E-state index contributed by atoms with van der Waals surface area (Å²) in [4.78, 5) is 32.2. The average molecular weight is 510 g/mol. The second-order valence-electron chi connectivity index (χ2n) is 9.68. The van der Waals surface area contributed by atoms with Crippen LogP contribution in [0, 0.1) is 12.8 Å². The first-order chi connectivity index (χ1) is 18.5. The number of aromatic carboxylic acids is 1. The molecule has 4 heterocycles. The summed E-state index contributed by atoms with van der Waals surface area (Å²) in [5, 5.41) is 9.79. The average Bonchev–Trinajstić information content (AvgIpc) is 2.94. The number of hydrogen-bond donors (Lipinski definition) is 1. The molecule has 4 aromatic rings. The number of benzene rings is 1. The van der Waals surface area contributed by atoms with Crippen molar-refractivity contribution in [1.29, 1.82) is 0 Å². The lowest BCUT2D eigenvalue weighted by Crippen LogP contribution is -2.35. The van der Waals surface area contributed by atoms with Crippen LogP contribution in [0.25, 0.3) is 0 Å². The smallest absolute Gasteiger partial charge is 0.358 e. The lowest BCUT2D eigenvalue weighted by molar-refractivity contribution is 0.0683. The van der Waals surface area contributed by atoms with E-state index in [1.54, 1.807) is 13.1 Å². The third-order valence-electron chi connectivity index (χ3n) is 6.86. The molecule has 1 fully saturated rings. The van der Waals surface area contributed by atoms with Gasteiger partial charge >= 0.3 is 5.97 Å². The molecule has 0 spiro atoms. The van der Waals surface area contributed by atoms with Gasteiger partial charge in [-0.15, -0.1) is 0 Å². The van der Waals surface area contributed by atoms with Gasteiger partial charge in [0, 0.05) is 44.5 Å². The molecule has 0 saturated carbocycles. The number of carboxylic acid groups (broad SMARTS) is 1. The van der Waals surface area contributed by atoms with Crippen LogP contribution in [0.2, 0.25) is 0 Å². The number of piperidine rings is 1. The highest BCUT2D eigenvalue weighted by Gasteiger charge is 2.24. The molecule has 194 valence electrons. The highest BCUT2D eigenvalue weighted by molar-refractivity contribution is 5.88. The maximum absolute atomic E-state index is 12.0. The van der Waals surface area contributed by atoms with Crippen molar-refractivity contribution in [3.63, 3.8) is 0 Å². The van der Waals surface area contributed by atoms with E-state index < -0.39 is 5.97 Å². The third-order valence-corrected chi connectivity index (χ3v) is 6.86. The van der Waals surface area contributed by atoms with Gasteiger partial charge in [-0.25, -0.2) is 19.7 Å². The number of aryl methyl sites for hydroxylation is 1. The molecular weight excluding hydrogens is 478 g/mol. The molecule has 0 atom stereocenters. The molecule has 8 heteroatoms. The van der Waals surface area contributed by atoms with Crippen LogP contribution in [0.4, 0.5) is 5.82 Å². The largest absolute Gasteiger partial charge is 0.484 e. The molecule has 3 aromatic heterocycles. The second kappa shape index (κ2) is 11.8. The van der Waals surface area contributed by atoms with Gasteiger partial charge in [-0.1, -0.05) is 42.5 Å². The van der Waals surface area contributed by atoms with Crippen molar-refractivity contribution in [3.05, 3.63) is 107 Å². The van der Waals surface area contributed by atoms with Crippen molar-refractivity contribution < 1.29 is 14.6 Å². The van der Waals surface area contributed by atoms with E-state index in [4.69, 9.17) is 9.72 Å². The molecule has 1 N–H and O–H groups in total. The molecule has 5 rings (SSSR count). The number of hydrogen-bond acceptors (Lipinski definition) is 7. The van der Waals surface area contributed by atoms with Crippen LogP contribution in [0.1, 0.15) is 51.5 Å². The summed E-state index contributed by atoms with van der Waals surface area (Å²) in [6, 6.07) is 17.9. The van der Waals surface area contributed by atoms with E-state index in [-0.39, 0.29) is 18.1 Å². The van der Waals surface area contributed by atoms with E-state index in [1.807, 2.05) is 48.8 Å². The minimum Gasteiger partial charge on any atom is -0.484 e. The number of carbonyl (C=O) groups is 1. The van der Waals surface area contributed by atoms with E-state index in [0.29, 0.717) is 23.9 Å². The summed E-state index contributed by atoms with van der Waals surface area (Å²) >= 11 is 0. The highest BCUT2D eigenvalue weighted by atomic mass is 16.5. The molecule has 8 nitrogen and oxygen atoms in total. The first-order valence-electron chi connectivity index (χ1n) is 12.9. The summed E-state index contributed by atoms with van der Waals surface area (Å²) in [6.45, 7) is 3.83. The zero-order valence-electron chi connectivity index (χ0n) is 21.5. The molecule has 0 radical (unpaired) electrons. The molecule has 1 aromatic carbocycles. The number of ether oxygens (including phenoxy) is 1. The molecule has 38 heavy (non-hydrogen) atoms. The molecular formula is C30H31N5O3. The van der Waals surface area contributed by atoms with Crippen LogP contribution >= 0.6 is 0 Å². The topological polar surface area (TPSA) is 101 Å². The van der Waals surface area contributed by atoms with Crippen LogP contribution in [0.3, 0.4) is 0 Å². The number of carboxylic acids is 1. The van der Waals surface area contributed by atoms with Gasteiger partial charge in [-0.05, 0) is 54.5 Å². The second-order valence-corrected chi connectivity index (χ2v) is 9.68. The Labute approximate surface area is 222 Å². The normalized spacial score (nSPS) is 13.9. The summed E-state index contributed by atoms with van der Waals surface area (Å²) < 4.78 is 5.84. The van der Waals surface area contributed by atoms with Gasteiger partial charge in [0.2, 0.25) is 0 Å². The minimum absolute atomic E-state index is 0.0727. The quantitative estimate of drug-likeness (QED) is 0.340. The van der Waals surface area contributed by atoms with Crippen LogP contribution in [0.5, 0.6) is 5.75 Å². The van der Waals surface area contributed by atoms with Crippen molar-refractivity contribution >= 4 is 11.8 Å². The Morgan fingerprint density at radius 1 is 0.974 bits per heavy atom. The molecule has 1 aliphatic rings. The molecule has 0 unspecified atom stereocenters. The predicted octanol–water partition coefficient (Wildman–Crippen LogP) is 4.90. The van der Waals surface area contributed by atoms with Crippen molar-refractivity contribution in [2.24, 2.45) is 5.92 Å². The maximum Gasteiger partial charge on any atom is 0.358 e. The molecule has 1 saturated heterocycles. The Morgan fingerprint density at radius 3 is 2.42 bits per heavy atom. The summed E-state index contributed by atoms with van der Waals surface area (Å²) in [5.41, 5.74) is 3.77. The Hall–Kier alpha value is -4.33. The predicted molar refractivity (Wildman–Crippen MR) is 144 cm³/mol. The zero-order valence-corrected chi connectivity index (χ0v) is 21.5. The van der Waals surface area contributed by atoms with Crippen LogP contribution in [-0.2, 0) is 19.4 Å². The lowest BCUT2D eigenvalue weighted by atomic mass is 9.93. The van der Waals surface area contributed by atoms with Crippen molar-refractivity contribution in [2.75, 3.05) is 18.0 Å². The van der Waals surface area contributed by atoms with Gasteiger partial charge in [0.05, 0.1) is 5.69 Å². The van der Waals surface area contributed by atoms with E-state index >= 15 is 0 Å². The van der Waals surface area contributed by atoms with E-state index in [0.717, 1.165) is 49.3 Å². The van der Waals surface area contributed by atoms with E-state index in [9.17, 15) is 9.90 Å². The summed E-state index contributed by atoms with van der Waals surface area (Å²) in [7, 11) is 0. The van der Waals surface area contributed by atoms with E-state index in [2.05, 4.69) is 38.1 Å². The standard InChI is InChI=1S/C30H31N5O3/c1-21-29(38-20-23-6-3-2-4-7-23)28(30(36)37)34-26(33-21)17-22-11-14-35(15-12-22)27-10-9-25(19-32-27)16-24-8-5-13-31-18-24/h2-10,13,18-19,22H,11-12,14-17,20H2,1H3,(H,36,37). The Bertz CT molecular complexity index is 1360. The fourth-order valence-electron chi connectivity index (χ4n) is 4.83. The van der Waals surface area contributed by atoms with Crippen LogP contribution in [-0.4, -0.2) is 44.1 Å². The highest BCUT2D eigenvalue weighted by Crippen LogP contribution is 2.27. The van der Waals surface area contributed by atoms with Gasteiger partial charge in [0.25, 0.3) is 0 Å². The Kier molecular flexibility index (Phi) is 7.87. The SMILES string of the molecule is Cc1nc(CC2CCN(c3ccc(Cc4cccnc4)cn3)CC2)nc(C(=O)O)c1OCc1ccccc1. The van der Waals surface area contributed by atoms with Gasteiger partial charge in [-0.3, -0.25) is 4.98 Å². The summed E-state index contributed by atoms with van der Waals surface area (Å²) in [5.74, 6) is 1.06. The van der Waals surface area contributed by atoms with Gasteiger partial charge in [-0.2, -0.15) is 0 Å². The lowest BCUT2D eigenvalue weighted by Gasteiger charge is -2.32.